The van der Waals surface area contributed by atoms with Crippen LogP contribution in [0.2, 0.25) is 0 Å². The van der Waals surface area contributed by atoms with Gasteiger partial charge in [0.15, 0.2) is 0 Å². The number of hydrogen-bond donors (Lipinski definition) is 3. The van der Waals surface area contributed by atoms with Crippen LogP contribution in [0.3, 0.4) is 0 Å². The zero-order valence-electron chi connectivity index (χ0n) is 9.07. The van der Waals surface area contributed by atoms with Crippen LogP contribution in [0.4, 0.5) is 5.82 Å². The number of allylic oxidation sites excluding steroid dienone is 2. The molecule has 1 aromatic heterocycles. The Balaban J connectivity index is 1.84. The van der Waals surface area contributed by atoms with Crippen LogP contribution < -0.4 is 11.1 Å². The Morgan fingerprint density at radius 2 is 2.50 bits per heavy atom. The minimum atomic E-state index is 0.102. The third-order valence-corrected chi connectivity index (χ3v) is 2.84. The Morgan fingerprint density at radius 1 is 1.62 bits per heavy atom. The molecule has 1 aliphatic rings. The molecule has 0 radical (unpaired) electrons. The summed E-state index contributed by atoms with van der Waals surface area (Å²) in [5.41, 5.74) is 6.46. The Bertz CT molecular complexity index is 396. The summed E-state index contributed by atoms with van der Waals surface area (Å²) in [6.07, 6.45) is 8.59. The van der Waals surface area contributed by atoms with Crippen molar-refractivity contribution in [3.63, 3.8) is 0 Å². The minimum absolute atomic E-state index is 0.102. The summed E-state index contributed by atoms with van der Waals surface area (Å²) in [6, 6.07) is 0. The number of carbonyl (C=O) groups excluding carboxylic acids is 1. The van der Waals surface area contributed by atoms with E-state index < -0.39 is 0 Å². The topological polar surface area (TPSA) is 83.8 Å². The van der Waals surface area contributed by atoms with Gasteiger partial charge in [0.2, 0.25) is 5.91 Å². The summed E-state index contributed by atoms with van der Waals surface area (Å²) in [7, 11) is 0. The van der Waals surface area contributed by atoms with Crippen molar-refractivity contribution in [1.29, 1.82) is 0 Å². The maximum atomic E-state index is 11.8. The molecule has 0 fully saturated rings. The number of H-pyrrole nitrogens is 1. The number of anilines is 1. The van der Waals surface area contributed by atoms with E-state index in [-0.39, 0.29) is 11.8 Å². The fourth-order valence-electron chi connectivity index (χ4n) is 1.82. The number of aromatic nitrogens is 2. The second kappa shape index (κ2) is 4.83. The Morgan fingerprint density at radius 3 is 3.12 bits per heavy atom. The highest BCUT2D eigenvalue weighted by Crippen LogP contribution is 2.18. The zero-order chi connectivity index (χ0) is 11.4. The van der Waals surface area contributed by atoms with Crippen molar-refractivity contribution < 1.29 is 4.79 Å². The molecule has 86 valence electrons. The summed E-state index contributed by atoms with van der Waals surface area (Å²) < 4.78 is 0. The van der Waals surface area contributed by atoms with Crippen molar-refractivity contribution in [2.75, 3.05) is 5.73 Å². The van der Waals surface area contributed by atoms with Crippen LogP contribution in [0, 0.1) is 5.92 Å². The van der Waals surface area contributed by atoms with Crippen LogP contribution in [-0.4, -0.2) is 16.1 Å². The van der Waals surface area contributed by atoms with Gasteiger partial charge in [-0.1, -0.05) is 12.2 Å². The normalized spacial score (nSPS) is 19.6. The molecule has 0 aromatic carbocycles. The molecular formula is C11H16N4O. The molecule has 1 atom stereocenters. The average molecular weight is 220 g/mol. The SMILES string of the molecule is Nc1[nH]ncc1CNC(=O)C1CC=CCC1. The van der Waals surface area contributed by atoms with Crippen LogP contribution >= 0.6 is 0 Å². The quantitative estimate of drug-likeness (QED) is 0.663. The molecule has 16 heavy (non-hydrogen) atoms. The molecule has 0 bridgehead atoms. The minimum Gasteiger partial charge on any atom is -0.384 e. The van der Waals surface area contributed by atoms with Gasteiger partial charge >= 0.3 is 0 Å². The lowest BCUT2D eigenvalue weighted by Crippen LogP contribution is -2.30. The first-order valence-electron chi connectivity index (χ1n) is 5.48. The summed E-state index contributed by atoms with van der Waals surface area (Å²) in [4.78, 5) is 11.8. The van der Waals surface area contributed by atoms with Crippen LogP contribution in [-0.2, 0) is 11.3 Å². The van der Waals surface area contributed by atoms with Gasteiger partial charge in [-0.15, -0.1) is 0 Å². The standard InChI is InChI=1S/C11H16N4O/c12-10-9(7-14-15-10)6-13-11(16)8-4-2-1-3-5-8/h1-2,7-8H,3-6H2,(H,13,16)(H3,12,14,15). The Labute approximate surface area is 94.1 Å². The van der Waals surface area contributed by atoms with Gasteiger partial charge in [0.05, 0.1) is 6.20 Å². The molecule has 1 unspecified atom stereocenters. The molecule has 1 aromatic rings. The highest BCUT2D eigenvalue weighted by Gasteiger charge is 2.18. The number of amides is 1. The molecule has 2 rings (SSSR count). The number of aromatic amines is 1. The van der Waals surface area contributed by atoms with Gasteiger partial charge in [0.25, 0.3) is 0 Å². The number of nitrogens with one attached hydrogen (secondary N) is 2. The molecule has 5 nitrogen and oxygen atoms in total. The predicted octanol–water partition coefficient (Wildman–Crippen LogP) is 0.964. The molecule has 1 heterocycles. The van der Waals surface area contributed by atoms with E-state index in [2.05, 4.69) is 27.7 Å². The van der Waals surface area contributed by atoms with Gasteiger partial charge in [-0.2, -0.15) is 5.10 Å². The fraction of sp³-hybridized carbons (Fsp3) is 0.455. The first-order chi connectivity index (χ1) is 7.77. The molecule has 0 saturated heterocycles. The molecule has 1 amide bonds. The van der Waals surface area contributed by atoms with Crippen molar-refractivity contribution in [1.82, 2.24) is 15.5 Å². The Hall–Kier alpha value is -1.78. The van der Waals surface area contributed by atoms with E-state index in [0.29, 0.717) is 12.4 Å². The number of rotatable bonds is 3. The highest BCUT2D eigenvalue weighted by atomic mass is 16.1. The summed E-state index contributed by atoms with van der Waals surface area (Å²) in [5.74, 6) is 0.729. The molecular weight excluding hydrogens is 204 g/mol. The summed E-state index contributed by atoms with van der Waals surface area (Å²) in [5, 5.41) is 9.32. The van der Waals surface area contributed by atoms with Crippen LogP contribution in [0.1, 0.15) is 24.8 Å². The third-order valence-electron chi connectivity index (χ3n) is 2.84. The molecule has 0 aliphatic heterocycles. The highest BCUT2D eigenvalue weighted by molar-refractivity contribution is 5.79. The smallest absolute Gasteiger partial charge is 0.223 e. The lowest BCUT2D eigenvalue weighted by molar-refractivity contribution is -0.125. The second-order valence-electron chi connectivity index (χ2n) is 4.01. The van der Waals surface area contributed by atoms with Crippen molar-refractivity contribution in [3.05, 3.63) is 23.9 Å². The van der Waals surface area contributed by atoms with Gasteiger partial charge in [-0.05, 0) is 19.3 Å². The molecule has 5 heteroatoms. The van der Waals surface area contributed by atoms with Crippen molar-refractivity contribution >= 4 is 11.7 Å². The first-order valence-corrected chi connectivity index (χ1v) is 5.48. The van der Waals surface area contributed by atoms with E-state index in [4.69, 9.17) is 5.73 Å². The lowest BCUT2D eigenvalue weighted by Gasteiger charge is -2.16. The van der Waals surface area contributed by atoms with E-state index in [9.17, 15) is 4.79 Å². The van der Waals surface area contributed by atoms with Gasteiger partial charge in [-0.3, -0.25) is 9.89 Å². The second-order valence-corrected chi connectivity index (χ2v) is 4.01. The van der Waals surface area contributed by atoms with E-state index in [1.165, 1.54) is 0 Å². The average Bonchev–Trinajstić information content (AvgIpc) is 2.73. The maximum Gasteiger partial charge on any atom is 0.223 e. The largest absolute Gasteiger partial charge is 0.384 e. The predicted molar refractivity (Wildman–Crippen MR) is 61.3 cm³/mol. The fourth-order valence-corrected chi connectivity index (χ4v) is 1.82. The summed E-state index contributed by atoms with van der Waals surface area (Å²) >= 11 is 0. The van der Waals surface area contributed by atoms with E-state index >= 15 is 0 Å². The van der Waals surface area contributed by atoms with Gasteiger partial charge in [0, 0.05) is 18.0 Å². The first kappa shape index (κ1) is 10.7. The number of carbonyl (C=O) groups is 1. The number of nitrogen functional groups attached to an aromatic ring is 1. The summed E-state index contributed by atoms with van der Waals surface area (Å²) in [6.45, 7) is 0.446. The zero-order valence-corrected chi connectivity index (χ0v) is 9.07. The van der Waals surface area contributed by atoms with Gasteiger partial charge < -0.3 is 11.1 Å². The van der Waals surface area contributed by atoms with Crippen LogP contribution in [0.25, 0.3) is 0 Å². The van der Waals surface area contributed by atoms with Crippen molar-refractivity contribution in [3.8, 4) is 0 Å². The number of nitrogens with two attached hydrogens (primary N) is 1. The molecule has 0 spiro atoms. The number of nitrogens with zero attached hydrogens (tertiary/aromatic N) is 1. The third kappa shape index (κ3) is 2.42. The molecule has 4 N–H and O–H groups in total. The van der Waals surface area contributed by atoms with E-state index in [1.54, 1.807) is 6.20 Å². The van der Waals surface area contributed by atoms with Crippen LogP contribution in [0.5, 0.6) is 0 Å². The van der Waals surface area contributed by atoms with Crippen molar-refractivity contribution in [2.45, 2.75) is 25.8 Å². The molecule has 1 aliphatic carbocycles. The van der Waals surface area contributed by atoms with Crippen LogP contribution in [0.15, 0.2) is 18.3 Å². The lowest BCUT2D eigenvalue weighted by atomic mass is 9.94. The van der Waals surface area contributed by atoms with E-state index in [1.807, 2.05) is 0 Å². The monoisotopic (exact) mass is 220 g/mol. The van der Waals surface area contributed by atoms with Gasteiger partial charge in [0.1, 0.15) is 5.82 Å². The maximum absolute atomic E-state index is 11.8. The number of hydrogen-bond acceptors (Lipinski definition) is 3. The van der Waals surface area contributed by atoms with Crippen molar-refractivity contribution in [2.24, 2.45) is 5.92 Å². The Kier molecular flexibility index (Phi) is 3.24. The van der Waals surface area contributed by atoms with E-state index in [0.717, 1.165) is 24.8 Å². The van der Waals surface area contributed by atoms with Gasteiger partial charge in [-0.25, -0.2) is 0 Å². The molecule has 0 saturated carbocycles.